The van der Waals surface area contributed by atoms with Gasteiger partial charge in [-0.25, -0.2) is 0 Å². The number of hydrogen-bond acceptors (Lipinski definition) is 4. The topological polar surface area (TPSA) is 60.3 Å². The number of ether oxygens (including phenoxy) is 1. The number of carbonyl (C=O) groups excluding carboxylic acids is 1. The molecule has 0 aliphatic carbocycles. The molecule has 1 N–H and O–H groups in total. The first-order valence-corrected chi connectivity index (χ1v) is 8.78. The summed E-state index contributed by atoms with van der Waals surface area (Å²) in [5, 5.41) is 3.31. The van der Waals surface area contributed by atoms with Crippen LogP contribution in [0.4, 0.5) is 0 Å². The summed E-state index contributed by atoms with van der Waals surface area (Å²) in [5.74, 6) is 0.0204. The Morgan fingerprint density at radius 1 is 1.20 bits per heavy atom. The lowest BCUT2D eigenvalue weighted by Gasteiger charge is -2.23. The first-order chi connectivity index (χ1) is 12.1. The van der Waals surface area contributed by atoms with E-state index in [-0.39, 0.29) is 11.3 Å². The molecule has 1 aliphatic rings. The predicted octanol–water partition coefficient (Wildman–Crippen LogP) is 2.49. The molecule has 1 aromatic carbocycles. The number of nitrogens with zero attached hydrogens (tertiary/aromatic N) is 1. The number of hydrogen-bond donors (Lipinski definition) is 1. The molecule has 2 heterocycles. The molecule has 1 aliphatic heterocycles. The van der Waals surface area contributed by atoms with E-state index in [1.165, 1.54) is 6.92 Å². The standard InChI is InChI=1S/C20H24N2O3/c1-15(23)16-4-6-17(7-5-16)19-3-2-12-22(20(19)24)13-14-25-18-8-10-21-11-9-18/h2-7,12,18,21H,8-11,13-14H2,1H3. The fourth-order valence-electron chi connectivity index (χ4n) is 3.10. The van der Waals surface area contributed by atoms with Crippen LogP contribution in [0.2, 0.25) is 0 Å². The van der Waals surface area contributed by atoms with Crippen LogP contribution in [-0.4, -0.2) is 36.2 Å². The number of nitrogens with one attached hydrogen (secondary N) is 1. The van der Waals surface area contributed by atoms with Crippen molar-refractivity contribution in [3.63, 3.8) is 0 Å². The molecule has 0 amide bonds. The van der Waals surface area contributed by atoms with E-state index in [2.05, 4.69) is 5.32 Å². The van der Waals surface area contributed by atoms with Gasteiger partial charge in [0.05, 0.1) is 12.7 Å². The second-order valence-corrected chi connectivity index (χ2v) is 6.37. The smallest absolute Gasteiger partial charge is 0.258 e. The van der Waals surface area contributed by atoms with E-state index in [0.29, 0.717) is 30.4 Å². The van der Waals surface area contributed by atoms with Gasteiger partial charge in [0.15, 0.2) is 5.78 Å². The highest BCUT2D eigenvalue weighted by Crippen LogP contribution is 2.16. The van der Waals surface area contributed by atoms with Crippen molar-refractivity contribution in [1.82, 2.24) is 9.88 Å². The van der Waals surface area contributed by atoms with Crippen LogP contribution in [0.25, 0.3) is 11.1 Å². The minimum atomic E-state index is -0.0352. The van der Waals surface area contributed by atoms with E-state index >= 15 is 0 Å². The molecule has 0 saturated carbocycles. The lowest BCUT2D eigenvalue weighted by molar-refractivity contribution is 0.0281. The summed E-state index contributed by atoms with van der Waals surface area (Å²) < 4.78 is 7.58. The van der Waals surface area contributed by atoms with Gasteiger partial charge in [0.1, 0.15) is 0 Å². The average Bonchev–Trinajstić information content (AvgIpc) is 2.64. The van der Waals surface area contributed by atoms with Crippen LogP contribution in [-0.2, 0) is 11.3 Å². The van der Waals surface area contributed by atoms with Crippen LogP contribution in [0.1, 0.15) is 30.1 Å². The van der Waals surface area contributed by atoms with Gasteiger partial charge in [0.25, 0.3) is 5.56 Å². The highest BCUT2D eigenvalue weighted by atomic mass is 16.5. The Bertz CT molecular complexity index is 774. The maximum Gasteiger partial charge on any atom is 0.258 e. The minimum absolute atomic E-state index is 0.0204. The van der Waals surface area contributed by atoms with Gasteiger partial charge in [-0.1, -0.05) is 24.3 Å². The Morgan fingerprint density at radius 2 is 1.92 bits per heavy atom. The summed E-state index contributed by atoms with van der Waals surface area (Å²) in [6.45, 7) is 4.61. The zero-order valence-electron chi connectivity index (χ0n) is 14.5. The number of carbonyl (C=O) groups is 1. The van der Waals surface area contributed by atoms with E-state index in [1.54, 1.807) is 22.9 Å². The molecule has 3 rings (SSSR count). The lowest BCUT2D eigenvalue weighted by Crippen LogP contribution is -2.33. The fourth-order valence-corrected chi connectivity index (χ4v) is 3.10. The van der Waals surface area contributed by atoms with E-state index in [1.807, 2.05) is 24.3 Å². The van der Waals surface area contributed by atoms with Crippen LogP contribution in [0, 0.1) is 0 Å². The monoisotopic (exact) mass is 340 g/mol. The molecule has 1 fully saturated rings. The van der Waals surface area contributed by atoms with Gasteiger partial charge in [0, 0.05) is 23.9 Å². The molecule has 0 radical (unpaired) electrons. The number of benzene rings is 1. The Hall–Kier alpha value is -2.24. The second kappa shape index (κ2) is 8.23. The van der Waals surface area contributed by atoms with E-state index < -0.39 is 0 Å². The number of rotatable bonds is 6. The van der Waals surface area contributed by atoms with Crippen molar-refractivity contribution >= 4 is 5.78 Å². The molecule has 5 heteroatoms. The Balaban J connectivity index is 1.69. The van der Waals surface area contributed by atoms with Crippen molar-refractivity contribution < 1.29 is 9.53 Å². The summed E-state index contributed by atoms with van der Waals surface area (Å²) in [6, 6.07) is 10.9. The van der Waals surface area contributed by atoms with Crippen molar-refractivity contribution in [2.24, 2.45) is 0 Å². The third kappa shape index (κ3) is 4.44. The molecule has 132 valence electrons. The van der Waals surface area contributed by atoms with Gasteiger partial charge in [-0.3, -0.25) is 9.59 Å². The zero-order chi connectivity index (χ0) is 17.6. The molecular weight excluding hydrogens is 316 g/mol. The molecule has 0 unspecified atom stereocenters. The third-order valence-corrected chi connectivity index (χ3v) is 4.59. The molecular formula is C20H24N2O3. The van der Waals surface area contributed by atoms with Crippen LogP contribution in [0.3, 0.4) is 0 Å². The maximum atomic E-state index is 12.7. The molecule has 0 atom stereocenters. The zero-order valence-corrected chi connectivity index (χ0v) is 14.5. The molecule has 0 bridgehead atoms. The van der Waals surface area contributed by atoms with Crippen molar-refractivity contribution in [2.45, 2.75) is 32.4 Å². The third-order valence-electron chi connectivity index (χ3n) is 4.59. The number of piperidine rings is 1. The van der Waals surface area contributed by atoms with Crippen molar-refractivity contribution in [3.8, 4) is 11.1 Å². The molecule has 25 heavy (non-hydrogen) atoms. The summed E-state index contributed by atoms with van der Waals surface area (Å²) in [5.41, 5.74) is 2.07. The quantitative estimate of drug-likeness (QED) is 0.821. The normalized spacial score (nSPS) is 15.2. The number of Topliss-reactive ketones (excluding diaryl/α,β-unsaturated/α-hetero) is 1. The number of aromatic nitrogens is 1. The van der Waals surface area contributed by atoms with Crippen LogP contribution >= 0.6 is 0 Å². The molecule has 1 aromatic heterocycles. The van der Waals surface area contributed by atoms with Gasteiger partial charge >= 0.3 is 0 Å². The minimum Gasteiger partial charge on any atom is -0.376 e. The van der Waals surface area contributed by atoms with E-state index in [4.69, 9.17) is 4.74 Å². The van der Waals surface area contributed by atoms with Gasteiger partial charge < -0.3 is 14.6 Å². The van der Waals surface area contributed by atoms with Gasteiger partial charge in [-0.15, -0.1) is 0 Å². The summed E-state index contributed by atoms with van der Waals surface area (Å²) >= 11 is 0. The Labute approximate surface area is 147 Å². The van der Waals surface area contributed by atoms with Gasteiger partial charge in [-0.05, 0) is 50.6 Å². The van der Waals surface area contributed by atoms with Crippen molar-refractivity contribution in [1.29, 1.82) is 0 Å². The molecule has 1 saturated heterocycles. The summed E-state index contributed by atoms with van der Waals surface area (Å²) in [6.07, 6.45) is 4.13. The largest absolute Gasteiger partial charge is 0.376 e. The number of ketones is 1. The highest BCUT2D eigenvalue weighted by Gasteiger charge is 2.13. The Morgan fingerprint density at radius 3 is 2.60 bits per heavy atom. The molecule has 2 aromatic rings. The SMILES string of the molecule is CC(=O)c1ccc(-c2cccn(CCOC3CCNCC3)c2=O)cc1. The summed E-state index contributed by atoms with van der Waals surface area (Å²) in [7, 11) is 0. The average molecular weight is 340 g/mol. The molecule has 0 spiro atoms. The maximum absolute atomic E-state index is 12.7. The van der Waals surface area contributed by atoms with Crippen molar-refractivity contribution in [3.05, 3.63) is 58.5 Å². The lowest BCUT2D eigenvalue weighted by atomic mass is 10.0. The summed E-state index contributed by atoms with van der Waals surface area (Å²) in [4.78, 5) is 24.1. The van der Waals surface area contributed by atoms with E-state index in [9.17, 15) is 9.59 Å². The first-order valence-electron chi connectivity index (χ1n) is 8.78. The predicted molar refractivity (Wildman–Crippen MR) is 98.0 cm³/mol. The van der Waals surface area contributed by atoms with Gasteiger partial charge in [0.2, 0.25) is 0 Å². The highest BCUT2D eigenvalue weighted by molar-refractivity contribution is 5.94. The van der Waals surface area contributed by atoms with Crippen LogP contribution in [0.5, 0.6) is 0 Å². The second-order valence-electron chi connectivity index (χ2n) is 6.37. The Kier molecular flexibility index (Phi) is 5.79. The van der Waals surface area contributed by atoms with Crippen LogP contribution < -0.4 is 10.9 Å². The van der Waals surface area contributed by atoms with Gasteiger partial charge in [-0.2, -0.15) is 0 Å². The molecule has 5 nitrogen and oxygen atoms in total. The van der Waals surface area contributed by atoms with E-state index in [0.717, 1.165) is 31.5 Å². The van der Waals surface area contributed by atoms with Crippen molar-refractivity contribution in [2.75, 3.05) is 19.7 Å². The van der Waals surface area contributed by atoms with Crippen LogP contribution in [0.15, 0.2) is 47.4 Å². The first kappa shape index (κ1) is 17.6. The number of pyridine rings is 1. The fraction of sp³-hybridized carbons (Fsp3) is 0.400.